The first-order valence-electron chi connectivity index (χ1n) is 9.72. The number of rotatable bonds is 5. The van der Waals surface area contributed by atoms with Crippen LogP contribution in [0.5, 0.6) is 5.75 Å². The minimum atomic E-state index is -3.28. The van der Waals surface area contributed by atoms with E-state index in [0.29, 0.717) is 42.9 Å². The van der Waals surface area contributed by atoms with Crippen LogP contribution >= 0.6 is 0 Å². The Morgan fingerprint density at radius 2 is 1.97 bits per heavy atom. The zero-order valence-electron chi connectivity index (χ0n) is 17.6. The smallest absolute Gasteiger partial charge is 0.332 e. The summed E-state index contributed by atoms with van der Waals surface area (Å²) in [6, 6.07) is 4.57. The Kier molecular flexibility index (Phi) is 5.94. The molecule has 9 nitrogen and oxygen atoms in total. The number of hydrogen-bond acceptors (Lipinski definition) is 6. The topological polar surface area (TPSA) is 124 Å². The highest BCUT2D eigenvalue weighted by Gasteiger charge is 2.27. The molecule has 1 aromatic heterocycles. The van der Waals surface area contributed by atoms with E-state index in [-0.39, 0.29) is 17.2 Å². The van der Waals surface area contributed by atoms with E-state index < -0.39 is 21.3 Å². The van der Waals surface area contributed by atoms with Gasteiger partial charge in [-0.05, 0) is 24.0 Å². The van der Waals surface area contributed by atoms with E-state index in [1.807, 2.05) is 20.8 Å². The van der Waals surface area contributed by atoms with Gasteiger partial charge in [-0.1, -0.05) is 20.8 Å². The molecule has 1 saturated heterocycles. The molecule has 0 aliphatic carbocycles. The molecule has 0 bridgehead atoms. The van der Waals surface area contributed by atoms with Gasteiger partial charge >= 0.3 is 5.69 Å². The van der Waals surface area contributed by atoms with Gasteiger partial charge in [0, 0.05) is 49.1 Å². The quantitative estimate of drug-likeness (QED) is 0.632. The Balaban J connectivity index is 1.98. The Labute approximate surface area is 175 Å². The van der Waals surface area contributed by atoms with Gasteiger partial charge in [-0.3, -0.25) is 19.2 Å². The SMILES string of the molecule is CC(C)(C)c1cc(-n2ccc(=O)[nH]c2=O)cc(CN2CCC(NS(C)(=O)=O)C2)c1O. The number of aromatic hydroxyl groups is 1. The summed E-state index contributed by atoms with van der Waals surface area (Å²) in [5.74, 6) is 0.156. The third-order valence-electron chi connectivity index (χ3n) is 5.13. The predicted octanol–water partition coefficient (Wildman–Crippen LogP) is 0.652. The number of aromatic nitrogens is 2. The van der Waals surface area contributed by atoms with Gasteiger partial charge in [0.15, 0.2) is 0 Å². The molecule has 1 aliphatic heterocycles. The fraction of sp³-hybridized carbons (Fsp3) is 0.500. The number of likely N-dealkylation sites (tertiary alicyclic amines) is 1. The maximum atomic E-state index is 12.3. The predicted molar refractivity (Wildman–Crippen MR) is 115 cm³/mol. The third-order valence-corrected chi connectivity index (χ3v) is 5.89. The molecule has 2 heterocycles. The molecule has 3 rings (SSSR count). The number of sulfonamides is 1. The minimum absolute atomic E-state index is 0.156. The van der Waals surface area contributed by atoms with E-state index in [2.05, 4.69) is 14.6 Å². The number of nitrogens with zero attached hydrogens (tertiary/aromatic N) is 2. The number of benzene rings is 1. The number of H-pyrrole nitrogens is 1. The molecule has 30 heavy (non-hydrogen) atoms. The lowest BCUT2D eigenvalue weighted by molar-refractivity contribution is 0.316. The average Bonchev–Trinajstić information content (AvgIpc) is 3.01. The van der Waals surface area contributed by atoms with Gasteiger partial charge < -0.3 is 5.11 Å². The number of hydrogen-bond donors (Lipinski definition) is 3. The van der Waals surface area contributed by atoms with Crippen LogP contribution in [-0.2, 0) is 22.0 Å². The average molecular weight is 437 g/mol. The first-order chi connectivity index (χ1) is 13.8. The number of phenolic OH excluding ortho intramolecular Hbond substituents is 1. The molecule has 3 N–H and O–H groups in total. The van der Waals surface area contributed by atoms with Crippen molar-refractivity contribution in [1.82, 2.24) is 19.2 Å². The molecule has 1 aliphatic rings. The molecule has 10 heteroatoms. The van der Waals surface area contributed by atoms with Crippen LogP contribution in [-0.4, -0.2) is 53.4 Å². The summed E-state index contributed by atoms with van der Waals surface area (Å²) in [7, 11) is -3.28. The van der Waals surface area contributed by atoms with Crippen molar-refractivity contribution in [3.63, 3.8) is 0 Å². The van der Waals surface area contributed by atoms with Crippen LogP contribution in [0.1, 0.15) is 38.3 Å². The Bertz CT molecular complexity index is 1160. The van der Waals surface area contributed by atoms with E-state index in [4.69, 9.17) is 0 Å². The highest BCUT2D eigenvalue weighted by molar-refractivity contribution is 7.88. The molecule has 1 aromatic carbocycles. The second-order valence-electron chi connectivity index (χ2n) is 8.84. The summed E-state index contributed by atoms with van der Waals surface area (Å²) in [6.07, 6.45) is 3.23. The van der Waals surface area contributed by atoms with Crippen LogP contribution in [0.25, 0.3) is 5.69 Å². The van der Waals surface area contributed by atoms with Crippen LogP contribution in [0.2, 0.25) is 0 Å². The lowest BCUT2D eigenvalue weighted by Crippen LogP contribution is -2.36. The van der Waals surface area contributed by atoms with Crippen LogP contribution in [0, 0.1) is 0 Å². The minimum Gasteiger partial charge on any atom is -0.507 e. The molecule has 0 spiro atoms. The molecule has 0 radical (unpaired) electrons. The molecule has 1 atom stereocenters. The van der Waals surface area contributed by atoms with Gasteiger partial charge in [0.25, 0.3) is 5.56 Å². The van der Waals surface area contributed by atoms with Crippen molar-refractivity contribution >= 4 is 10.0 Å². The zero-order chi connectivity index (χ0) is 22.3. The molecule has 0 amide bonds. The van der Waals surface area contributed by atoms with E-state index in [0.717, 1.165) is 6.26 Å². The number of nitrogens with one attached hydrogen (secondary N) is 2. The lowest BCUT2D eigenvalue weighted by atomic mass is 9.84. The van der Waals surface area contributed by atoms with E-state index in [1.165, 1.54) is 16.8 Å². The van der Waals surface area contributed by atoms with Crippen molar-refractivity contribution in [2.24, 2.45) is 0 Å². The highest BCUT2D eigenvalue weighted by Crippen LogP contribution is 2.36. The second kappa shape index (κ2) is 8.01. The maximum Gasteiger partial charge on any atom is 0.332 e. The second-order valence-corrected chi connectivity index (χ2v) is 10.6. The molecule has 2 aromatic rings. The summed E-state index contributed by atoms with van der Waals surface area (Å²) in [5, 5.41) is 10.9. The summed E-state index contributed by atoms with van der Waals surface area (Å²) in [6.45, 7) is 7.51. The van der Waals surface area contributed by atoms with E-state index >= 15 is 0 Å². The summed E-state index contributed by atoms with van der Waals surface area (Å²) < 4.78 is 26.9. The van der Waals surface area contributed by atoms with Crippen molar-refractivity contribution in [3.05, 3.63) is 56.4 Å². The normalized spacial score (nSPS) is 18.1. The van der Waals surface area contributed by atoms with Crippen molar-refractivity contribution in [2.45, 2.75) is 45.2 Å². The van der Waals surface area contributed by atoms with Crippen molar-refractivity contribution < 1.29 is 13.5 Å². The fourth-order valence-corrected chi connectivity index (χ4v) is 4.54. The molecule has 0 saturated carbocycles. The Morgan fingerprint density at radius 3 is 2.57 bits per heavy atom. The van der Waals surface area contributed by atoms with Crippen molar-refractivity contribution in [1.29, 1.82) is 0 Å². The zero-order valence-corrected chi connectivity index (χ0v) is 18.4. The lowest BCUT2D eigenvalue weighted by Gasteiger charge is -2.25. The first-order valence-corrected chi connectivity index (χ1v) is 11.6. The molecular weight excluding hydrogens is 408 g/mol. The van der Waals surface area contributed by atoms with Crippen LogP contribution < -0.4 is 16.0 Å². The van der Waals surface area contributed by atoms with Gasteiger partial charge in [-0.2, -0.15) is 0 Å². The van der Waals surface area contributed by atoms with Crippen LogP contribution in [0.15, 0.2) is 34.0 Å². The summed E-state index contributed by atoms with van der Waals surface area (Å²) in [5.41, 5.74) is 0.435. The summed E-state index contributed by atoms with van der Waals surface area (Å²) in [4.78, 5) is 28.0. The molecule has 164 valence electrons. The largest absolute Gasteiger partial charge is 0.507 e. The molecule has 1 unspecified atom stereocenters. The van der Waals surface area contributed by atoms with Crippen molar-refractivity contribution in [3.8, 4) is 11.4 Å². The van der Waals surface area contributed by atoms with Crippen molar-refractivity contribution in [2.75, 3.05) is 19.3 Å². The number of aromatic amines is 1. The summed E-state index contributed by atoms with van der Waals surface area (Å²) >= 11 is 0. The Hall–Kier alpha value is -2.43. The van der Waals surface area contributed by atoms with Gasteiger partial charge in [0.2, 0.25) is 10.0 Å². The standard InChI is InChI=1S/C20H28N4O5S/c1-20(2,3)16-10-15(24-8-6-17(25)21-19(24)27)9-13(18(16)26)11-23-7-5-14(12-23)22-30(4,28)29/h6,8-10,14,22,26H,5,7,11-12H2,1-4H3,(H,21,25,27). The van der Waals surface area contributed by atoms with E-state index in [9.17, 15) is 23.1 Å². The monoisotopic (exact) mass is 436 g/mol. The molecule has 1 fully saturated rings. The third kappa shape index (κ3) is 5.18. The van der Waals surface area contributed by atoms with Crippen LogP contribution in [0.4, 0.5) is 0 Å². The maximum absolute atomic E-state index is 12.3. The van der Waals surface area contributed by atoms with Gasteiger partial charge in [0.05, 0.1) is 11.9 Å². The van der Waals surface area contributed by atoms with E-state index in [1.54, 1.807) is 12.1 Å². The van der Waals surface area contributed by atoms with Gasteiger partial charge in [-0.15, -0.1) is 0 Å². The Morgan fingerprint density at radius 1 is 1.27 bits per heavy atom. The van der Waals surface area contributed by atoms with Gasteiger partial charge in [-0.25, -0.2) is 17.9 Å². The number of phenols is 1. The first kappa shape index (κ1) is 22.3. The van der Waals surface area contributed by atoms with Gasteiger partial charge in [0.1, 0.15) is 5.75 Å². The molecular formula is C20H28N4O5S. The fourth-order valence-electron chi connectivity index (χ4n) is 3.75. The highest BCUT2D eigenvalue weighted by atomic mass is 32.2. The van der Waals surface area contributed by atoms with Crippen LogP contribution in [0.3, 0.4) is 0 Å².